The number of nitrogens with zero attached hydrogens (tertiary/aromatic N) is 2. The minimum atomic E-state index is -0.316. The van der Waals surface area contributed by atoms with Crippen molar-refractivity contribution < 1.29 is 14.3 Å². The molecule has 8 heteroatoms. The highest BCUT2D eigenvalue weighted by Crippen LogP contribution is 2.19. The van der Waals surface area contributed by atoms with Gasteiger partial charge in [-0.15, -0.1) is 0 Å². The first-order valence-electron chi connectivity index (χ1n) is 5.64. The molecule has 1 heterocycles. The minimum Gasteiger partial charge on any atom is -0.469 e. The van der Waals surface area contributed by atoms with Crippen molar-refractivity contribution >= 4 is 27.7 Å². The highest BCUT2D eigenvalue weighted by atomic mass is 79.9. The van der Waals surface area contributed by atoms with Crippen LogP contribution >= 0.6 is 15.9 Å². The summed E-state index contributed by atoms with van der Waals surface area (Å²) in [5.74, 6) is 0.160. The lowest BCUT2D eigenvalue weighted by molar-refractivity contribution is -0.140. The van der Waals surface area contributed by atoms with Crippen LogP contribution in [0.4, 0.5) is 5.82 Å². The Labute approximate surface area is 119 Å². The molecular formula is C11H16BrN3O4. The molecule has 0 atom stereocenters. The molecule has 0 radical (unpaired) electrons. The molecule has 0 unspecified atom stereocenters. The van der Waals surface area contributed by atoms with E-state index in [4.69, 9.17) is 4.74 Å². The molecular weight excluding hydrogens is 318 g/mol. The number of aromatic nitrogens is 2. The van der Waals surface area contributed by atoms with Crippen LogP contribution in [0, 0.1) is 0 Å². The first-order chi connectivity index (χ1) is 9.10. The van der Waals surface area contributed by atoms with E-state index >= 15 is 0 Å². The summed E-state index contributed by atoms with van der Waals surface area (Å²) in [4.78, 5) is 31.1. The van der Waals surface area contributed by atoms with Crippen molar-refractivity contribution in [1.82, 2.24) is 9.97 Å². The normalized spacial score (nSPS) is 10.3. The van der Waals surface area contributed by atoms with Crippen LogP contribution in [0.3, 0.4) is 0 Å². The fourth-order valence-electron chi connectivity index (χ4n) is 1.45. The Kier molecular flexibility index (Phi) is 6.51. The molecule has 106 valence electrons. The number of rotatable bonds is 7. The second kappa shape index (κ2) is 7.90. The number of halogens is 1. The number of ether oxygens (including phenoxy) is 2. The molecule has 0 aliphatic carbocycles. The number of aromatic amines is 1. The van der Waals surface area contributed by atoms with Crippen molar-refractivity contribution in [2.24, 2.45) is 0 Å². The average molecular weight is 334 g/mol. The molecule has 19 heavy (non-hydrogen) atoms. The third kappa shape index (κ3) is 4.64. The van der Waals surface area contributed by atoms with Gasteiger partial charge >= 0.3 is 5.97 Å². The number of esters is 1. The van der Waals surface area contributed by atoms with Crippen molar-refractivity contribution in [1.29, 1.82) is 0 Å². The van der Waals surface area contributed by atoms with Gasteiger partial charge in [0.1, 0.15) is 10.3 Å². The first-order valence-corrected chi connectivity index (χ1v) is 6.43. The van der Waals surface area contributed by atoms with Gasteiger partial charge in [-0.05, 0) is 15.9 Å². The number of methoxy groups -OCH3 is 2. The average Bonchev–Trinajstić information content (AvgIpc) is 2.42. The van der Waals surface area contributed by atoms with Crippen molar-refractivity contribution in [3.8, 4) is 0 Å². The monoisotopic (exact) mass is 333 g/mol. The van der Waals surface area contributed by atoms with Crippen molar-refractivity contribution in [3.63, 3.8) is 0 Å². The van der Waals surface area contributed by atoms with Crippen LogP contribution < -0.4 is 10.5 Å². The molecule has 1 N–H and O–H groups in total. The number of carbonyl (C=O) groups is 1. The Balaban J connectivity index is 2.86. The third-order valence-electron chi connectivity index (χ3n) is 2.46. The van der Waals surface area contributed by atoms with Gasteiger partial charge in [0.2, 0.25) is 0 Å². The Bertz CT molecular complexity index is 477. The maximum absolute atomic E-state index is 11.5. The molecule has 0 bridgehead atoms. The fraction of sp³-hybridized carbons (Fsp3) is 0.545. The maximum atomic E-state index is 11.5. The van der Waals surface area contributed by atoms with E-state index in [0.29, 0.717) is 30.0 Å². The molecule has 0 aliphatic rings. The first kappa shape index (κ1) is 15.6. The van der Waals surface area contributed by atoms with Gasteiger partial charge in [0.25, 0.3) is 5.56 Å². The topological polar surface area (TPSA) is 84.5 Å². The van der Waals surface area contributed by atoms with E-state index in [-0.39, 0.29) is 17.9 Å². The lowest BCUT2D eigenvalue weighted by Gasteiger charge is -2.23. The van der Waals surface area contributed by atoms with E-state index in [1.807, 2.05) is 0 Å². The van der Waals surface area contributed by atoms with E-state index in [1.165, 1.54) is 13.4 Å². The SMILES string of the molecule is COCCN(CCC(=O)OC)c1nc[nH]c(=O)c1Br. The van der Waals surface area contributed by atoms with E-state index in [1.54, 1.807) is 12.0 Å². The minimum absolute atomic E-state index is 0.209. The Morgan fingerprint density at radius 1 is 1.47 bits per heavy atom. The predicted molar refractivity (Wildman–Crippen MR) is 73.3 cm³/mol. The molecule has 1 rings (SSSR count). The molecule has 0 amide bonds. The van der Waals surface area contributed by atoms with E-state index in [9.17, 15) is 9.59 Å². The summed E-state index contributed by atoms with van der Waals surface area (Å²) in [6, 6.07) is 0. The summed E-state index contributed by atoms with van der Waals surface area (Å²) in [5, 5.41) is 0. The summed E-state index contributed by atoms with van der Waals surface area (Å²) >= 11 is 3.19. The van der Waals surface area contributed by atoms with Gasteiger partial charge in [-0.1, -0.05) is 0 Å². The summed E-state index contributed by atoms with van der Waals surface area (Å²) in [5.41, 5.74) is -0.273. The van der Waals surface area contributed by atoms with Crippen molar-refractivity contribution in [2.45, 2.75) is 6.42 Å². The largest absolute Gasteiger partial charge is 0.469 e. The van der Waals surface area contributed by atoms with Crippen molar-refractivity contribution in [3.05, 3.63) is 21.2 Å². The second-order valence-electron chi connectivity index (χ2n) is 3.68. The number of hydrogen-bond acceptors (Lipinski definition) is 6. The number of carbonyl (C=O) groups excluding carboxylic acids is 1. The zero-order valence-electron chi connectivity index (χ0n) is 10.8. The third-order valence-corrected chi connectivity index (χ3v) is 3.17. The summed E-state index contributed by atoms with van der Waals surface area (Å²) in [7, 11) is 2.92. The molecule has 0 aromatic carbocycles. The predicted octanol–water partition coefficient (Wildman–Crippen LogP) is 0.548. The van der Waals surface area contributed by atoms with Crippen LogP contribution in [-0.4, -0.2) is 49.9 Å². The fourth-order valence-corrected chi connectivity index (χ4v) is 1.92. The summed E-state index contributed by atoms with van der Waals surface area (Å²) < 4.78 is 9.94. The highest BCUT2D eigenvalue weighted by Gasteiger charge is 2.15. The van der Waals surface area contributed by atoms with Crippen LogP contribution in [0.15, 0.2) is 15.6 Å². The van der Waals surface area contributed by atoms with Gasteiger partial charge in [0.15, 0.2) is 0 Å². The summed E-state index contributed by atoms with van der Waals surface area (Å²) in [6.07, 6.45) is 1.53. The molecule has 1 aromatic rings. The Hall–Kier alpha value is -1.41. The smallest absolute Gasteiger partial charge is 0.307 e. The van der Waals surface area contributed by atoms with Gasteiger partial charge in [0, 0.05) is 20.2 Å². The summed E-state index contributed by atoms with van der Waals surface area (Å²) in [6.45, 7) is 1.37. The molecule has 0 fully saturated rings. The molecule has 0 saturated carbocycles. The number of hydrogen-bond donors (Lipinski definition) is 1. The number of nitrogens with one attached hydrogen (secondary N) is 1. The molecule has 1 aromatic heterocycles. The van der Waals surface area contributed by atoms with Gasteiger partial charge in [-0.3, -0.25) is 9.59 Å². The van der Waals surface area contributed by atoms with Gasteiger partial charge in [-0.2, -0.15) is 0 Å². The molecule has 0 saturated heterocycles. The zero-order chi connectivity index (χ0) is 14.3. The zero-order valence-corrected chi connectivity index (χ0v) is 12.4. The van der Waals surface area contributed by atoms with Gasteiger partial charge < -0.3 is 19.4 Å². The lowest BCUT2D eigenvalue weighted by Crippen LogP contribution is -2.32. The molecule has 0 aliphatic heterocycles. The van der Waals surface area contributed by atoms with Gasteiger partial charge in [-0.25, -0.2) is 4.98 Å². The highest BCUT2D eigenvalue weighted by molar-refractivity contribution is 9.10. The molecule has 0 spiro atoms. The van der Waals surface area contributed by atoms with Crippen LogP contribution in [0.2, 0.25) is 0 Å². The molecule has 7 nitrogen and oxygen atoms in total. The van der Waals surface area contributed by atoms with Crippen LogP contribution in [0.5, 0.6) is 0 Å². The Morgan fingerprint density at radius 2 is 2.21 bits per heavy atom. The van der Waals surface area contributed by atoms with Gasteiger partial charge in [0.05, 0.1) is 26.5 Å². The van der Waals surface area contributed by atoms with Crippen LogP contribution in [-0.2, 0) is 14.3 Å². The number of H-pyrrole nitrogens is 1. The second-order valence-corrected chi connectivity index (χ2v) is 4.47. The number of anilines is 1. The maximum Gasteiger partial charge on any atom is 0.307 e. The van der Waals surface area contributed by atoms with E-state index in [0.717, 1.165) is 0 Å². The Morgan fingerprint density at radius 3 is 2.84 bits per heavy atom. The van der Waals surface area contributed by atoms with E-state index < -0.39 is 0 Å². The standard InChI is InChI=1S/C11H16BrN3O4/c1-18-6-5-15(4-3-8(16)19-2)10-9(12)11(17)14-7-13-10/h7H,3-6H2,1-2H3,(H,13,14,17). The van der Waals surface area contributed by atoms with E-state index in [2.05, 4.69) is 30.6 Å². The van der Waals surface area contributed by atoms with Crippen LogP contribution in [0.25, 0.3) is 0 Å². The van der Waals surface area contributed by atoms with Crippen LogP contribution in [0.1, 0.15) is 6.42 Å². The lowest BCUT2D eigenvalue weighted by atomic mass is 10.3. The quantitative estimate of drug-likeness (QED) is 0.733. The van der Waals surface area contributed by atoms with Crippen molar-refractivity contribution in [2.75, 3.05) is 38.8 Å².